The van der Waals surface area contributed by atoms with Crippen LogP contribution >= 0.6 is 0 Å². The monoisotopic (exact) mass is 1140 g/mol. The van der Waals surface area contributed by atoms with Crippen LogP contribution in [0.15, 0.2) is 23.8 Å². The Morgan fingerprint density at radius 1 is 0.744 bits per heavy atom. The summed E-state index contributed by atoms with van der Waals surface area (Å²) in [6.07, 6.45) is 9.75. The fourth-order valence-corrected chi connectivity index (χ4v) is 24.7. The number of aliphatic hydroxyl groups is 3. The first-order valence-corrected chi connectivity index (χ1v) is 35.7. The van der Waals surface area contributed by atoms with Crippen LogP contribution in [0.3, 0.4) is 0 Å². The van der Waals surface area contributed by atoms with Gasteiger partial charge in [-0.2, -0.15) is 0 Å². The third-order valence-corrected chi connectivity index (χ3v) is 31.6. The van der Waals surface area contributed by atoms with Gasteiger partial charge in [0, 0.05) is 77.8 Å². The first-order chi connectivity index (χ1) is 36.7. The van der Waals surface area contributed by atoms with Crippen molar-refractivity contribution in [3.63, 3.8) is 0 Å². The molecule has 14 nitrogen and oxygen atoms in total. The normalized spacial score (nSPS) is 38.3. The molecule has 0 aromatic heterocycles. The number of aliphatic hydroxyl groups excluding tert-OH is 3. The molecule has 5 aliphatic heterocycles. The third-order valence-electron chi connectivity index (χ3n) is 20.8. The average Bonchev–Trinajstić information content (AvgIpc) is 3.95. The first kappa shape index (κ1) is 66.5. The van der Waals surface area contributed by atoms with Gasteiger partial charge in [0.05, 0.1) is 43.2 Å². The molecule has 4 saturated heterocycles. The number of hydrogen-bond acceptors (Lipinski definition) is 14. The van der Waals surface area contributed by atoms with Crippen LogP contribution in [0.2, 0.25) is 34.8 Å². The molecule has 1 unspecified atom stereocenters. The van der Waals surface area contributed by atoms with Crippen molar-refractivity contribution in [1.29, 1.82) is 0 Å². The van der Waals surface area contributed by atoms with Crippen molar-refractivity contribution in [2.45, 2.75) is 300 Å². The molecule has 2 spiro atoms. The largest absolute Gasteiger partial charge is 0.416 e. The van der Waals surface area contributed by atoms with Gasteiger partial charge in [0.25, 0.3) is 0 Å². The molecule has 16 heteroatoms. The van der Waals surface area contributed by atoms with Crippen molar-refractivity contribution in [2.24, 2.45) is 29.1 Å². The molecule has 78 heavy (non-hydrogen) atoms. The first-order valence-electron chi connectivity index (χ1n) is 31.0. The van der Waals surface area contributed by atoms with Crippen molar-refractivity contribution < 1.29 is 66.8 Å². The summed E-state index contributed by atoms with van der Waals surface area (Å²) in [5, 5.41) is 38.4. The maximum atomic E-state index is 13.3. The second-order valence-corrected chi connectivity index (χ2v) is 37.3. The minimum atomic E-state index is -2.18. The van der Waals surface area contributed by atoms with Gasteiger partial charge in [-0.1, -0.05) is 101 Å². The molecule has 6 rings (SSSR count). The molecule has 4 fully saturated rings. The fourth-order valence-electron chi connectivity index (χ4n) is 16.0. The quantitative estimate of drug-likeness (QED) is 0.0457. The SMILES string of the molecule is CC[Si](CC)(CC)O[C@]1(C)CC[C@H]2CC(O)/C=C/C[C@@H](O)[C@@]3(C[C@H](C)[C@@H](C)CO[Si](C(C)C)(C(C)C)C(C)C)CCC(COCOC)=C[C@@H]3[C@@H]3OC(C)(C)O[C@@H]([C@H]3O)[C@H](C)CC(OC)(OC)C[C@H]3CCC[C@@]4(CC[C@@]1(O2)O4)O3. The Balaban J connectivity index is 1.45. The summed E-state index contributed by atoms with van der Waals surface area (Å²) in [5.74, 6) is -4.66. The lowest BCUT2D eigenvalue weighted by Gasteiger charge is -2.56. The highest BCUT2D eigenvalue weighted by atomic mass is 28.4. The lowest BCUT2D eigenvalue weighted by atomic mass is 9.56. The zero-order valence-corrected chi connectivity index (χ0v) is 54.3. The standard InChI is InChI=1S/C62H114O14Si2/c1-19-77(20-2,21-3)76-58(15)30-28-50-35-49(63)24-22-26-53(64)59(36-45(10)47(12)39-70-78(42(4)5,43(6)7)44(8)9)31-27-48(40-69-41-66-16)34-52(59)56-54(65)55(73-57(13,14)74-56)46(11)37-61(67-17,68-18)38-51-25-23-29-60(71-51)32-33-62(58,72-50)75-60/h22,24,34,42-47,49-56,63-65H,19-21,23,25-33,35-41H2,1-18H3/b24-22+/t45-,46+,47-,49?,50-,51+,52+,53+,54+,55+,56-,58+,59+,60+,62+/m0/s1. The van der Waals surface area contributed by atoms with Crippen molar-refractivity contribution >= 4 is 16.6 Å². The summed E-state index contributed by atoms with van der Waals surface area (Å²) >= 11 is 0. The highest BCUT2D eigenvalue weighted by Crippen LogP contribution is 2.58. The van der Waals surface area contributed by atoms with E-state index in [1.54, 1.807) is 21.3 Å². The fraction of sp³-hybridized carbons (Fsp3) is 0.935. The maximum Gasteiger partial charge on any atom is 0.200 e. The Hall–Kier alpha value is -0.646. The molecule has 0 aromatic rings. The highest BCUT2D eigenvalue weighted by molar-refractivity contribution is 6.77. The number of methoxy groups -OCH3 is 3. The predicted octanol–water partition coefficient (Wildman–Crippen LogP) is 12.9. The summed E-state index contributed by atoms with van der Waals surface area (Å²) in [4.78, 5) is 0. The zero-order chi connectivity index (χ0) is 57.7. The van der Waals surface area contributed by atoms with E-state index in [-0.39, 0.29) is 43.2 Å². The van der Waals surface area contributed by atoms with Gasteiger partial charge in [0.1, 0.15) is 18.5 Å². The molecule has 6 bridgehead atoms. The Bertz CT molecular complexity index is 1900. The number of ether oxygens (including phenoxy) is 9. The molecule has 6 aliphatic rings. The van der Waals surface area contributed by atoms with E-state index in [1.807, 2.05) is 26.0 Å². The van der Waals surface area contributed by atoms with Crippen LogP contribution in [0.4, 0.5) is 0 Å². The number of rotatable bonds is 20. The van der Waals surface area contributed by atoms with E-state index in [9.17, 15) is 15.3 Å². The molecule has 5 heterocycles. The molecule has 0 radical (unpaired) electrons. The minimum Gasteiger partial charge on any atom is -0.416 e. The average molecular weight is 1140 g/mol. The van der Waals surface area contributed by atoms with E-state index < -0.39 is 87.2 Å². The maximum absolute atomic E-state index is 13.3. The Labute approximate surface area is 475 Å². The van der Waals surface area contributed by atoms with Crippen molar-refractivity contribution in [2.75, 3.05) is 41.3 Å². The van der Waals surface area contributed by atoms with E-state index in [1.165, 1.54) is 0 Å². The lowest BCUT2D eigenvalue weighted by Crippen LogP contribution is -2.65. The summed E-state index contributed by atoms with van der Waals surface area (Å²) in [6.45, 7) is 34.7. The topological polar surface area (TPSA) is 162 Å². The molecule has 15 atom stereocenters. The molecule has 1 aliphatic carbocycles. The van der Waals surface area contributed by atoms with Gasteiger partial charge in [-0.15, -0.1) is 0 Å². The Kier molecular flexibility index (Phi) is 23.1. The van der Waals surface area contributed by atoms with Crippen LogP contribution in [0, 0.1) is 29.1 Å². The highest BCUT2D eigenvalue weighted by Gasteiger charge is 2.66. The van der Waals surface area contributed by atoms with Crippen LogP contribution in [0.1, 0.15) is 194 Å². The van der Waals surface area contributed by atoms with Gasteiger partial charge in [-0.05, 0) is 130 Å². The van der Waals surface area contributed by atoms with E-state index in [0.29, 0.717) is 87.6 Å². The van der Waals surface area contributed by atoms with Crippen LogP contribution in [0.25, 0.3) is 0 Å². The smallest absolute Gasteiger partial charge is 0.200 e. The zero-order valence-electron chi connectivity index (χ0n) is 52.3. The molecular weight excluding hydrogens is 1020 g/mol. The van der Waals surface area contributed by atoms with Gasteiger partial charge < -0.3 is 66.8 Å². The van der Waals surface area contributed by atoms with Crippen LogP contribution < -0.4 is 0 Å². The Morgan fingerprint density at radius 3 is 2.01 bits per heavy atom. The second kappa shape index (κ2) is 27.2. The van der Waals surface area contributed by atoms with Gasteiger partial charge in [-0.3, -0.25) is 0 Å². The predicted molar refractivity (Wildman–Crippen MR) is 312 cm³/mol. The molecule has 454 valence electrons. The van der Waals surface area contributed by atoms with Crippen molar-refractivity contribution in [1.82, 2.24) is 0 Å². The van der Waals surface area contributed by atoms with E-state index >= 15 is 0 Å². The second-order valence-electron chi connectivity index (χ2n) is 27.1. The van der Waals surface area contributed by atoms with Crippen molar-refractivity contribution in [3.05, 3.63) is 23.8 Å². The van der Waals surface area contributed by atoms with Gasteiger partial charge >= 0.3 is 0 Å². The summed E-state index contributed by atoms with van der Waals surface area (Å²) < 4.78 is 74.9. The van der Waals surface area contributed by atoms with E-state index in [2.05, 4.69) is 96.1 Å². The van der Waals surface area contributed by atoms with Crippen LogP contribution in [-0.2, 0) is 51.5 Å². The minimum absolute atomic E-state index is 0.112. The van der Waals surface area contributed by atoms with Crippen molar-refractivity contribution in [3.8, 4) is 0 Å². The molecule has 3 N–H and O–H groups in total. The van der Waals surface area contributed by atoms with E-state index in [4.69, 9.17) is 51.5 Å². The molecule has 0 saturated carbocycles. The molecule has 0 aromatic carbocycles. The number of fused-ring (bicyclic) bond motifs is 6. The number of hydrogen-bond donors (Lipinski definition) is 3. The summed E-state index contributed by atoms with van der Waals surface area (Å²) in [6, 6.07) is 3.01. The summed E-state index contributed by atoms with van der Waals surface area (Å²) in [7, 11) is 0.677. The molecular formula is C62H114O14Si2. The van der Waals surface area contributed by atoms with Gasteiger partial charge in [-0.25, -0.2) is 0 Å². The van der Waals surface area contributed by atoms with E-state index in [0.717, 1.165) is 49.4 Å². The van der Waals surface area contributed by atoms with Crippen LogP contribution in [0.5, 0.6) is 0 Å². The lowest BCUT2D eigenvalue weighted by molar-refractivity contribution is -0.402. The van der Waals surface area contributed by atoms with Gasteiger partial charge in [0.2, 0.25) is 0 Å². The third kappa shape index (κ3) is 14.2. The van der Waals surface area contributed by atoms with Gasteiger partial charge in [0.15, 0.2) is 39.8 Å². The molecule has 0 amide bonds. The van der Waals surface area contributed by atoms with Crippen LogP contribution in [-0.4, -0.2) is 145 Å². The Morgan fingerprint density at radius 2 is 1.40 bits per heavy atom. The summed E-state index contributed by atoms with van der Waals surface area (Å²) in [5.41, 5.74) is 0.921.